The Morgan fingerprint density at radius 2 is 2.20 bits per heavy atom. The Morgan fingerprint density at radius 1 is 1.47 bits per heavy atom. The Labute approximate surface area is 89.7 Å². The molecule has 0 N–H and O–H groups in total. The lowest BCUT2D eigenvalue weighted by Crippen LogP contribution is -2.27. The van der Waals surface area contributed by atoms with E-state index in [1.54, 1.807) is 24.1 Å². The van der Waals surface area contributed by atoms with Gasteiger partial charge in [0.2, 0.25) is 0 Å². The van der Waals surface area contributed by atoms with Crippen molar-refractivity contribution in [3.05, 3.63) is 35.6 Å². The third-order valence-electron chi connectivity index (χ3n) is 2.27. The zero-order valence-electron chi connectivity index (χ0n) is 9.16. The van der Waals surface area contributed by atoms with Crippen LogP contribution in [0.2, 0.25) is 0 Å². The van der Waals surface area contributed by atoms with E-state index in [4.69, 9.17) is 0 Å². The quantitative estimate of drug-likeness (QED) is 0.746. The summed E-state index contributed by atoms with van der Waals surface area (Å²) in [5.41, 5.74) is 0.411. The van der Waals surface area contributed by atoms with E-state index in [0.717, 1.165) is 12.8 Å². The first-order valence-electron chi connectivity index (χ1n) is 5.16. The highest BCUT2D eigenvalue weighted by Crippen LogP contribution is 2.07. The monoisotopic (exact) mass is 209 g/mol. The van der Waals surface area contributed by atoms with Gasteiger partial charge in [-0.2, -0.15) is 0 Å². The van der Waals surface area contributed by atoms with E-state index in [-0.39, 0.29) is 11.7 Å². The predicted molar refractivity (Wildman–Crippen MR) is 58.3 cm³/mol. The number of hydrogen-bond donors (Lipinski definition) is 0. The highest BCUT2D eigenvalue weighted by atomic mass is 19.1. The van der Waals surface area contributed by atoms with E-state index in [0.29, 0.717) is 12.1 Å². The van der Waals surface area contributed by atoms with E-state index in [9.17, 15) is 9.18 Å². The fraction of sp³-hybridized carbons (Fsp3) is 0.417. The van der Waals surface area contributed by atoms with Gasteiger partial charge in [0.05, 0.1) is 0 Å². The van der Waals surface area contributed by atoms with Gasteiger partial charge in [0.1, 0.15) is 5.82 Å². The summed E-state index contributed by atoms with van der Waals surface area (Å²) in [5.74, 6) is -0.493. The summed E-state index contributed by atoms with van der Waals surface area (Å²) in [4.78, 5) is 13.4. The summed E-state index contributed by atoms with van der Waals surface area (Å²) in [5, 5.41) is 0. The number of nitrogens with zero attached hydrogens (tertiary/aromatic N) is 1. The fourth-order valence-electron chi connectivity index (χ4n) is 1.34. The molecule has 0 aliphatic rings. The molecule has 0 aromatic heterocycles. The van der Waals surface area contributed by atoms with Crippen molar-refractivity contribution in [1.29, 1.82) is 0 Å². The van der Waals surface area contributed by atoms with E-state index in [1.807, 2.05) is 0 Å². The fourth-order valence-corrected chi connectivity index (χ4v) is 1.34. The van der Waals surface area contributed by atoms with Crippen LogP contribution in [0.5, 0.6) is 0 Å². The minimum Gasteiger partial charge on any atom is -0.342 e. The summed E-state index contributed by atoms with van der Waals surface area (Å²) in [6.45, 7) is 2.78. The van der Waals surface area contributed by atoms with Crippen molar-refractivity contribution in [3.63, 3.8) is 0 Å². The molecule has 0 unspecified atom stereocenters. The first kappa shape index (κ1) is 11.7. The second kappa shape index (κ2) is 5.49. The van der Waals surface area contributed by atoms with Gasteiger partial charge in [0, 0.05) is 19.2 Å². The van der Waals surface area contributed by atoms with Crippen LogP contribution in [-0.2, 0) is 0 Å². The lowest BCUT2D eigenvalue weighted by molar-refractivity contribution is 0.0793. The van der Waals surface area contributed by atoms with E-state index in [2.05, 4.69) is 6.92 Å². The van der Waals surface area contributed by atoms with E-state index >= 15 is 0 Å². The summed E-state index contributed by atoms with van der Waals surface area (Å²) in [6, 6.07) is 5.79. The standard InChI is InChI=1S/C12H16FNO/c1-3-4-8-14(2)12(15)10-6-5-7-11(13)9-10/h5-7,9H,3-4,8H2,1-2H3. The van der Waals surface area contributed by atoms with Crippen molar-refractivity contribution in [2.24, 2.45) is 0 Å². The van der Waals surface area contributed by atoms with Crippen LogP contribution in [0.15, 0.2) is 24.3 Å². The Morgan fingerprint density at radius 3 is 2.80 bits per heavy atom. The van der Waals surface area contributed by atoms with Crippen LogP contribution in [0.3, 0.4) is 0 Å². The normalized spacial score (nSPS) is 10.1. The van der Waals surface area contributed by atoms with Crippen LogP contribution in [0.4, 0.5) is 4.39 Å². The molecule has 1 aromatic carbocycles. The molecule has 0 bridgehead atoms. The van der Waals surface area contributed by atoms with E-state index < -0.39 is 0 Å². The molecule has 0 heterocycles. The first-order chi connectivity index (χ1) is 7.15. The molecule has 0 spiro atoms. The number of amides is 1. The second-order valence-electron chi connectivity index (χ2n) is 3.59. The number of benzene rings is 1. The topological polar surface area (TPSA) is 20.3 Å². The van der Waals surface area contributed by atoms with Gasteiger partial charge in [-0.25, -0.2) is 4.39 Å². The maximum Gasteiger partial charge on any atom is 0.253 e. The van der Waals surface area contributed by atoms with Gasteiger partial charge in [0.25, 0.3) is 5.91 Å². The van der Waals surface area contributed by atoms with Gasteiger partial charge in [-0.1, -0.05) is 19.4 Å². The van der Waals surface area contributed by atoms with Crippen LogP contribution in [0, 0.1) is 5.82 Å². The van der Waals surface area contributed by atoms with Crippen molar-refractivity contribution in [2.75, 3.05) is 13.6 Å². The molecule has 0 saturated carbocycles. The third kappa shape index (κ3) is 3.35. The largest absolute Gasteiger partial charge is 0.342 e. The third-order valence-corrected chi connectivity index (χ3v) is 2.27. The van der Waals surface area contributed by atoms with Crippen LogP contribution in [0.25, 0.3) is 0 Å². The minimum atomic E-state index is -0.371. The molecule has 2 nitrogen and oxygen atoms in total. The van der Waals surface area contributed by atoms with Crippen molar-refractivity contribution < 1.29 is 9.18 Å². The maximum atomic E-state index is 12.9. The number of hydrogen-bond acceptors (Lipinski definition) is 1. The molecule has 0 aliphatic heterocycles. The van der Waals surface area contributed by atoms with Crippen molar-refractivity contribution in [1.82, 2.24) is 4.90 Å². The molecule has 0 radical (unpaired) electrons. The molecule has 82 valence electrons. The van der Waals surface area contributed by atoms with Crippen LogP contribution >= 0.6 is 0 Å². The number of halogens is 1. The second-order valence-corrected chi connectivity index (χ2v) is 3.59. The van der Waals surface area contributed by atoms with E-state index in [1.165, 1.54) is 12.1 Å². The highest BCUT2D eigenvalue weighted by molar-refractivity contribution is 5.93. The van der Waals surface area contributed by atoms with Gasteiger partial charge in [0.15, 0.2) is 0 Å². The first-order valence-corrected chi connectivity index (χ1v) is 5.16. The smallest absolute Gasteiger partial charge is 0.253 e. The molecule has 0 aliphatic carbocycles. The zero-order valence-corrected chi connectivity index (χ0v) is 9.16. The Bertz CT molecular complexity index is 338. The summed E-state index contributed by atoms with van der Waals surface area (Å²) >= 11 is 0. The number of rotatable bonds is 4. The molecule has 0 atom stereocenters. The van der Waals surface area contributed by atoms with Crippen LogP contribution in [0.1, 0.15) is 30.1 Å². The molecule has 1 aromatic rings. The Balaban J connectivity index is 2.67. The van der Waals surface area contributed by atoms with Gasteiger partial charge in [-0.3, -0.25) is 4.79 Å². The summed E-state index contributed by atoms with van der Waals surface area (Å²) in [6.07, 6.45) is 2.01. The number of unbranched alkanes of at least 4 members (excludes halogenated alkanes) is 1. The molecule has 1 amide bonds. The number of carbonyl (C=O) groups excluding carboxylic acids is 1. The maximum absolute atomic E-state index is 12.9. The minimum absolute atomic E-state index is 0.122. The number of carbonyl (C=O) groups is 1. The SMILES string of the molecule is CCCCN(C)C(=O)c1cccc(F)c1. The summed E-state index contributed by atoms with van der Waals surface area (Å²) < 4.78 is 12.9. The zero-order chi connectivity index (χ0) is 11.3. The Hall–Kier alpha value is -1.38. The highest BCUT2D eigenvalue weighted by Gasteiger charge is 2.10. The lowest BCUT2D eigenvalue weighted by atomic mass is 10.2. The van der Waals surface area contributed by atoms with Crippen LogP contribution < -0.4 is 0 Å². The molecule has 0 fully saturated rings. The van der Waals surface area contributed by atoms with Gasteiger partial charge < -0.3 is 4.90 Å². The van der Waals surface area contributed by atoms with Crippen molar-refractivity contribution >= 4 is 5.91 Å². The van der Waals surface area contributed by atoms with Gasteiger partial charge in [-0.15, -0.1) is 0 Å². The molecular weight excluding hydrogens is 193 g/mol. The molecular formula is C12H16FNO. The van der Waals surface area contributed by atoms with Gasteiger partial charge >= 0.3 is 0 Å². The molecule has 3 heteroatoms. The molecule has 1 rings (SSSR count). The Kier molecular flexibility index (Phi) is 4.28. The van der Waals surface area contributed by atoms with Crippen LogP contribution in [-0.4, -0.2) is 24.4 Å². The molecule has 0 saturated heterocycles. The summed E-state index contributed by atoms with van der Waals surface area (Å²) in [7, 11) is 1.74. The van der Waals surface area contributed by atoms with Crippen molar-refractivity contribution in [2.45, 2.75) is 19.8 Å². The molecule has 15 heavy (non-hydrogen) atoms. The van der Waals surface area contributed by atoms with Crippen molar-refractivity contribution in [3.8, 4) is 0 Å². The average Bonchev–Trinajstić information content (AvgIpc) is 2.24. The average molecular weight is 209 g/mol. The predicted octanol–water partition coefficient (Wildman–Crippen LogP) is 2.70. The lowest BCUT2D eigenvalue weighted by Gasteiger charge is -2.16. The van der Waals surface area contributed by atoms with Gasteiger partial charge in [-0.05, 0) is 24.6 Å².